The molecule has 0 unspecified atom stereocenters. The van der Waals surface area contributed by atoms with Crippen molar-refractivity contribution in [3.8, 4) is 22.9 Å². The van der Waals surface area contributed by atoms with Crippen LogP contribution >= 0.6 is 11.3 Å². The standard InChI is InChI=1S/C52H30N4S/c1-2-14-31(15-3-1)49-48-41-22-10-13-25-46(41)57-51(48)54-52(53-49)56-44-24-12-9-21-40(44)47-45(56)29-28-39-38-20-8-11-23-43(38)55(50(39)47)32-26-27-37-35-18-5-4-16-33(35)34-17-6-7-19-36(34)42(37)30-32/h1-30H. The van der Waals surface area contributed by atoms with Gasteiger partial charge in [-0.05, 0) is 68.7 Å². The molecule has 0 fully saturated rings. The average molecular weight is 743 g/mol. The van der Waals surface area contributed by atoms with Gasteiger partial charge < -0.3 is 4.57 Å². The average Bonchev–Trinajstić information content (AvgIpc) is 3.94. The van der Waals surface area contributed by atoms with Crippen molar-refractivity contribution in [2.24, 2.45) is 0 Å². The molecular weight excluding hydrogens is 713 g/mol. The zero-order valence-corrected chi connectivity index (χ0v) is 31.3. The third-order valence-electron chi connectivity index (χ3n) is 11.9. The van der Waals surface area contributed by atoms with Gasteiger partial charge in [0.25, 0.3) is 0 Å². The van der Waals surface area contributed by atoms with E-state index in [0.29, 0.717) is 5.95 Å². The van der Waals surface area contributed by atoms with E-state index in [1.807, 2.05) is 0 Å². The van der Waals surface area contributed by atoms with Crippen molar-refractivity contribution in [3.63, 3.8) is 0 Å². The molecule has 0 aliphatic heterocycles. The summed E-state index contributed by atoms with van der Waals surface area (Å²) >= 11 is 1.73. The summed E-state index contributed by atoms with van der Waals surface area (Å²) in [7, 11) is 0. The number of thiophene rings is 1. The molecule has 9 aromatic carbocycles. The van der Waals surface area contributed by atoms with E-state index in [9.17, 15) is 0 Å². The highest BCUT2D eigenvalue weighted by Crippen LogP contribution is 2.44. The van der Waals surface area contributed by atoms with Crippen LogP contribution in [0.5, 0.6) is 0 Å². The summed E-state index contributed by atoms with van der Waals surface area (Å²) in [6.45, 7) is 0. The zero-order valence-electron chi connectivity index (χ0n) is 30.5. The Labute approximate surface area is 330 Å². The maximum absolute atomic E-state index is 5.48. The summed E-state index contributed by atoms with van der Waals surface area (Å²) in [4.78, 5) is 11.9. The second-order valence-corrected chi connectivity index (χ2v) is 15.9. The van der Waals surface area contributed by atoms with Crippen LogP contribution < -0.4 is 0 Å². The lowest BCUT2D eigenvalue weighted by atomic mass is 9.94. The van der Waals surface area contributed by atoms with E-state index in [2.05, 4.69) is 191 Å². The van der Waals surface area contributed by atoms with Crippen LogP contribution in [0.1, 0.15) is 0 Å². The fraction of sp³-hybridized carbons (Fsp3) is 0. The van der Waals surface area contributed by atoms with Crippen molar-refractivity contribution in [1.29, 1.82) is 0 Å². The van der Waals surface area contributed by atoms with Crippen LogP contribution in [0.2, 0.25) is 0 Å². The molecule has 0 saturated heterocycles. The first-order valence-electron chi connectivity index (χ1n) is 19.3. The zero-order chi connectivity index (χ0) is 37.2. The summed E-state index contributed by atoms with van der Waals surface area (Å²) in [5, 5.41) is 14.7. The molecule has 0 N–H and O–H groups in total. The van der Waals surface area contributed by atoms with Crippen LogP contribution in [0.3, 0.4) is 0 Å². The minimum Gasteiger partial charge on any atom is -0.309 e. The Hall–Kier alpha value is -7.34. The third-order valence-corrected chi connectivity index (χ3v) is 13.0. The Balaban J connectivity index is 1.16. The first-order chi connectivity index (χ1) is 28.3. The lowest BCUT2D eigenvalue weighted by Gasteiger charge is -2.14. The van der Waals surface area contributed by atoms with Gasteiger partial charge in [-0.2, -0.15) is 0 Å². The molecule has 264 valence electrons. The lowest BCUT2D eigenvalue weighted by molar-refractivity contribution is 1.02. The minimum absolute atomic E-state index is 0.671. The van der Waals surface area contributed by atoms with Crippen molar-refractivity contribution in [2.75, 3.05) is 0 Å². The summed E-state index contributed by atoms with van der Waals surface area (Å²) in [6, 6.07) is 65.9. The first-order valence-corrected chi connectivity index (χ1v) is 20.2. The number of aromatic nitrogens is 4. The van der Waals surface area contributed by atoms with E-state index < -0.39 is 0 Å². The maximum atomic E-state index is 5.48. The van der Waals surface area contributed by atoms with Crippen LogP contribution in [0, 0.1) is 0 Å². The predicted octanol–water partition coefficient (Wildman–Crippen LogP) is 14.2. The minimum atomic E-state index is 0.671. The number of hydrogen-bond donors (Lipinski definition) is 0. The van der Waals surface area contributed by atoms with E-state index in [1.165, 1.54) is 75.0 Å². The topological polar surface area (TPSA) is 35.6 Å². The summed E-state index contributed by atoms with van der Waals surface area (Å²) in [6.07, 6.45) is 0. The molecule has 0 spiro atoms. The monoisotopic (exact) mass is 742 g/mol. The van der Waals surface area contributed by atoms with E-state index in [4.69, 9.17) is 9.97 Å². The molecule has 4 aromatic heterocycles. The van der Waals surface area contributed by atoms with Crippen molar-refractivity contribution in [3.05, 3.63) is 182 Å². The maximum Gasteiger partial charge on any atom is 0.236 e. The molecule has 13 rings (SSSR count). The highest BCUT2D eigenvalue weighted by Gasteiger charge is 2.24. The normalized spacial score (nSPS) is 12.2. The van der Waals surface area contributed by atoms with Crippen LogP contribution in [0.25, 0.3) is 119 Å². The Kier molecular flexibility index (Phi) is 6.29. The van der Waals surface area contributed by atoms with E-state index in [-0.39, 0.29) is 0 Å². The van der Waals surface area contributed by atoms with Gasteiger partial charge in [0.15, 0.2) is 0 Å². The largest absolute Gasteiger partial charge is 0.309 e. The first kappa shape index (κ1) is 30.9. The van der Waals surface area contributed by atoms with Crippen LogP contribution in [-0.4, -0.2) is 19.1 Å². The third kappa shape index (κ3) is 4.26. The second-order valence-electron chi connectivity index (χ2n) is 14.9. The van der Waals surface area contributed by atoms with Crippen LogP contribution in [0.15, 0.2) is 182 Å². The second kappa shape index (κ2) is 11.6. The van der Waals surface area contributed by atoms with Crippen LogP contribution in [0.4, 0.5) is 0 Å². The van der Waals surface area contributed by atoms with E-state index >= 15 is 0 Å². The molecule has 4 heterocycles. The number of benzene rings is 9. The van der Waals surface area contributed by atoms with Crippen molar-refractivity contribution < 1.29 is 0 Å². The molecule has 4 nitrogen and oxygen atoms in total. The Morgan fingerprint density at radius 2 is 0.930 bits per heavy atom. The predicted molar refractivity (Wildman–Crippen MR) is 242 cm³/mol. The molecular formula is C52H30N4S. The van der Waals surface area contributed by atoms with Gasteiger partial charge in [-0.3, -0.25) is 4.57 Å². The number of rotatable bonds is 3. The van der Waals surface area contributed by atoms with Gasteiger partial charge in [-0.1, -0.05) is 146 Å². The fourth-order valence-electron chi connectivity index (χ4n) is 9.54. The number of fused-ring (bicyclic) bond motifs is 16. The van der Waals surface area contributed by atoms with Gasteiger partial charge >= 0.3 is 0 Å². The van der Waals surface area contributed by atoms with Crippen molar-refractivity contribution >= 4 is 108 Å². The number of hydrogen-bond acceptors (Lipinski definition) is 3. The Morgan fingerprint density at radius 1 is 0.368 bits per heavy atom. The van der Waals surface area contributed by atoms with Gasteiger partial charge in [-0.25, -0.2) is 9.97 Å². The van der Waals surface area contributed by atoms with Gasteiger partial charge in [-0.15, -0.1) is 11.3 Å². The van der Waals surface area contributed by atoms with Crippen molar-refractivity contribution in [2.45, 2.75) is 0 Å². The number of para-hydroxylation sites is 2. The highest BCUT2D eigenvalue weighted by molar-refractivity contribution is 7.25. The molecule has 0 radical (unpaired) electrons. The molecule has 0 atom stereocenters. The number of nitrogens with zero attached hydrogens (tertiary/aromatic N) is 4. The molecule has 0 saturated carbocycles. The molecule has 13 aromatic rings. The quantitative estimate of drug-likeness (QED) is 0.169. The van der Waals surface area contributed by atoms with E-state index in [0.717, 1.165) is 38.2 Å². The Bertz CT molecular complexity index is 3780. The Morgan fingerprint density at radius 3 is 1.67 bits per heavy atom. The molecule has 0 amide bonds. The molecule has 0 bridgehead atoms. The lowest BCUT2D eigenvalue weighted by Crippen LogP contribution is -2.02. The summed E-state index contributed by atoms with van der Waals surface area (Å²) in [5.74, 6) is 0.671. The van der Waals surface area contributed by atoms with Crippen molar-refractivity contribution in [1.82, 2.24) is 19.1 Å². The van der Waals surface area contributed by atoms with E-state index in [1.54, 1.807) is 11.3 Å². The molecule has 5 heteroatoms. The molecule has 57 heavy (non-hydrogen) atoms. The molecule has 0 aliphatic carbocycles. The van der Waals surface area contributed by atoms with Gasteiger partial charge in [0, 0.05) is 48.3 Å². The van der Waals surface area contributed by atoms with Crippen LogP contribution in [-0.2, 0) is 0 Å². The van der Waals surface area contributed by atoms with Gasteiger partial charge in [0.2, 0.25) is 5.95 Å². The smallest absolute Gasteiger partial charge is 0.236 e. The SMILES string of the molecule is c1ccc(-c2nc(-n3c4ccccc4c4c3ccc3c5ccccc5n(-c5ccc6c7ccccc7c7ccccc7c6c5)c34)nc3sc4ccccc4c23)cc1. The van der Waals surface area contributed by atoms with Gasteiger partial charge in [0.05, 0.1) is 27.8 Å². The highest BCUT2D eigenvalue weighted by atomic mass is 32.1. The van der Waals surface area contributed by atoms with Gasteiger partial charge in [0.1, 0.15) is 4.83 Å². The summed E-state index contributed by atoms with van der Waals surface area (Å²) in [5.41, 5.74) is 7.67. The summed E-state index contributed by atoms with van der Waals surface area (Å²) < 4.78 is 5.97. The molecule has 0 aliphatic rings. The fourth-order valence-corrected chi connectivity index (χ4v) is 10.6.